The van der Waals surface area contributed by atoms with E-state index in [0.717, 1.165) is 38.2 Å². The summed E-state index contributed by atoms with van der Waals surface area (Å²) in [6.45, 7) is 5.68. The van der Waals surface area contributed by atoms with Crippen molar-refractivity contribution in [2.75, 3.05) is 19.7 Å². The third-order valence-electron chi connectivity index (χ3n) is 3.37. The maximum atomic E-state index is 5.89. The fraction of sp³-hybridized carbons (Fsp3) is 0.500. The van der Waals surface area contributed by atoms with Crippen LogP contribution < -0.4 is 5.32 Å². The number of hydrogen-bond donors (Lipinski definition) is 1. The molecule has 0 spiro atoms. The lowest BCUT2D eigenvalue weighted by Gasteiger charge is -2.25. The van der Waals surface area contributed by atoms with E-state index in [1.165, 1.54) is 11.1 Å². The fourth-order valence-corrected chi connectivity index (χ4v) is 2.54. The molecule has 0 radical (unpaired) electrons. The van der Waals surface area contributed by atoms with Crippen molar-refractivity contribution in [1.82, 2.24) is 15.1 Å². The number of nitrogens with one attached hydrogen (secondary N) is 1. The van der Waals surface area contributed by atoms with Crippen molar-refractivity contribution in [1.29, 1.82) is 0 Å². The molecule has 96 valence electrons. The minimum absolute atomic E-state index is 0.123. The summed E-state index contributed by atoms with van der Waals surface area (Å²) in [5.74, 6) is 0. The molecule has 1 aromatic carbocycles. The van der Waals surface area contributed by atoms with Crippen LogP contribution in [0.2, 0.25) is 0 Å². The Morgan fingerprint density at radius 3 is 3.22 bits per heavy atom. The van der Waals surface area contributed by atoms with Crippen molar-refractivity contribution in [2.45, 2.75) is 26.0 Å². The van der Waals surface area contributed by atoms with E-state index in [-0.39, 0.29) is 6.10 Å². The number of aromatic nitrogens is 2. The monoisotopic (exact) mass is 245 g/mol. The maximum Gasteiger partial charge on any atom is 0.112 e. The zero-order valence-electron chi connectivity index (χ0n) is 10.7. The molecule has 1 aliphatic rings. The average molecular weight is 245 g/mol. The SMILES string of the molecule is CCCNCC1OCCn2nc3ccccc3c21. The Balaban J connectivity index is 1.93. The van der Waals surface area contributed by atoms with Gasteiger partial charge in [-0.2, -0.15) is 5.10 Å². The molecule has 3 rings (SSSR count). The summed E-state index contributed by atoms with van der Waals surface area (Å²) in [6, 6.07) is 8.30. The Morgan fingerprint density at radius 1 is 1.44 bits per heavy atom. The highest BCUT2D eigenvalue weighted by Crippen LogP contribution is 2.29. The molecule has 0 saturated carbocycles. The van der Waals surface area contributed by atoms with E-state index in [4.69, 9.17) is 4.74 Å². The lowest BCUT2D eigenvalue weighted by atomic mass is 10.1. The first-order valence-electron chi connectivity index (χ1n) is 6.68. The molecule has 18 heavy (non-hydrogen) atoms. The van der Waals surface area contributed by atoms with Crippen molar-refractivity contribution in [3.63, 3.8) is 0 Å². The van der Waals surface area contributed by atoms with E-state index >= 15 is 0 Å². The van der Waals surface area contributed by atoms with Gasteiger partial charge in [0.25, 0.3) is 0 Å². The van der Waals surface area contributed by atoms with Gasteiger partial charge in [-0.3, -0.25) is 4.68 Å². The summed E-state index contributed by atoms with van der Waals surface area (Å²) in [6.07, 6.45) is 1.27. The Kier molecular flexibility index (Phi) is 3.30. The number of benzene rings is 1. The molecular formula is C14H19N3O. The van der Waals surface area contributed by atoms with Crippen LogP contribution in [-0.4, -0.2) is 29.5 Å². The average Bonchev–Trinajstić information content (AvgIpc) is 2.78. The van der Waals surface area contributed by atoms with E-state index < -0.39 is 0 Å². The molecule has 0 amide bonds. The summed E-state index contributed by atoms with van der Waals surface area (Å²) < 4.78 is 8.00. The standard InChI is InChI=1S/C14H19N3O/c1-2-7-15-10-13-14-11-5-3-4-6-12(11)16-17(14)8-9-18-13/h3-6,13,15H,2,7-10H2,1H3. The number of hydrogen-bond acceptors (Lipinski definition) is 3. The fourth-order valence-electron chi connectivity index (χ4n) is 2.54. The van der Waals surface area contributed by atoms with Crippen molar-refractivity contribution in [2.24, 2.45) is 0 Å². The van der Waals surface area contributed by atoms with Crippen LogP contribution in [0.3, 0.4) is 0 Å². The largest absolute Gasteiger partial charge is 0.369 e. The molecule has 0 bridgehead atoms. The quantitative estimate of drug-likeness (QED) is 0.838. The van der Waals surface area contributed by atoms with Gasteiger partial charge in [-0.1, -0.05) is 25.1 Å². The van der Waals surface area contributed by atoms with E-state index in [0.29, 0.717) is 0 Å². The van der Waals surface area contributed by atoms with Crippen molar-refractivity contribution < 1.29 is 4.74 Å². The van der Waals surface area contributed by atoms with Crippen molar-refractivity contribution >= 4 is 10.9 Å². The minimum atomic E-state index is 0.123. The molecule has 0 saturated heterocycles. The van der Waals surface area contributed by atoms with Crippen LogP contribution in [-0.2, 0) is 11.3 Å². The third-order valence-corrected chi connectivity index (χ3v) is 3.37. The molecule has 1 N–H and O–H groups in total. The van der Waals surface area contributed by atoms with Crippen LogP contribution in [0.15, 0.2) is 24.3 Å². The summed E-state index contributed by atoms with van der Waals surface area (Å²) in [5.41, 5.74) is 2.29. The number of ether oxygens (including phenoxy) is 1. The maximum absolute atomic E-state index is 5.89. The number of nitrogens with zero attached hydrogens (tertiary/aromatic N) is 2. The van der Waals surface area contributed by atoms with Gasteiger partial charge in [0.1, 0.15) is 6.10 Å². The molecule has 4 heteroatoms. The Bertz CT molecular complexity index is 535. The summed E-state index contributed by atoms with van der Waals surface area (Å²) in [4.78, 5) is 0. The van der Waals surface area contributed by atoms with Gasteiger partial charge in [0, 0.05) is 11.9 Å². The van der Waals surface area contributed by atoms with Gasteiger partial charge in [-0.15, -0.1) is 0 Å². The van der Waals surface area contributed by atoms with Gasteiger partial charge in [0.05, 0.1) is 24.4 Å². The van der Waals surface area contributed by atoms with Crippen LogP contribution in [0.5, 0.6) is 0 Å². The second-order valence-corrected chi connectivity index (χ2v) is 4.69. The normalized spacial score (nSPS) is 19.1. The van der Waals surface area contributed by atoms with Crippen LogP contribution in [0.4, 0.5) is 0 Å². The number of rotatable bonds is 4. The third kappa shape index (κ3) is 2.02. The predicted octanol–water partition coefficient (Wildman–Crippen LogP) is 2.11. The van der Waals surface area contributed by atoms with Crippen molar-refractivity contribution in [3.8, 4) is 0 Å². The Morgan fingerprint density at radius 2 is 2.33 bits per heavy atom. The molecule has 1 aromatic heterocycles. The van der Waals surface area contributed by atoms with Gasteiger partial charge in [-0.25, -0.2) is 0 Å². The van der Waals surface area contributed by atoms with Gasteiger partial charge < -0.3 is 10.1 Å². The first-order chi connectivity index (χ1) is 8.90. The summed E-state index contributed by atoms with van der Waals surface area (Å²) in [5, 5.41) is 9.30. The zero-order chi connectivity index (χ0) is 12.4. The second-order valence-electron chi connectivity index (χ2n) is 4.69. The number of fused-ring (bicyclic) bond motifs is 3. The first kappa shape index (κ1) is 11.7. The van der Waals surface area contributed by atoms with E-state index in [9.17, 15) is 0 Å². The smallest absolute Gasteiger partial charge is 0.112 e. The Hall–Kier alpha value is -1.39. The molecule has 0 fully saturated rings. The molecule has 0 aliphatic carbocycles. The van der Waals surface area contributed by atoms with Gasteiger partial charge >= 0.3 is 0 Å². The zero-order valence-corrected chi connectivity index (χ0v) is 10.7. The lowest BCUT2D eigenvalue weighted by molar-refractivity contribution is 0.0185. The topological polar surface area (TPSA) is 39.1 Å². The van der Waals surface area contributed by atoms with Gasteiger partial charge in [0.2, 0.25) is 0 Å². The molecular weight excluding hydrogens is 226 g/mol. The highest BCUT2D eigenvalue weighted by molar-refractivity contribution is 5.82. The molecule has 1 aliphatic heterocycles. The highest BCUT2D eigenvalue weighted by Gasteiger charge is 2.24. The van der Waals surface area contributed by atoms with E-state index in [1.54, 1.807) is 0 Å². The minimum Gasteiger partial charge on any atom is -0.369 e. The Labute approximate surface area is 107 Å². The first-order valence-corrected chi connectivity index (χ1v) is 6.68. The van der Waals surface area contributed by atoms with Crippen LogP contribution in [0, 0.1) is 0 Å². The molecule has 1 atom stereocenters. The van der Waals surface area contributed by atoms with E-state index in [2.05, 4.69) is 40.2 Å². The van der Waals surface area contributed by atoms with Gasteiger partial charge in [-0.05, 0) is 19.0 Å². The predicted molar refractivity (Wildman–Crippen MR) is 71.6 cm³/mol. The van der Waals surface area contributed by atoms with Crippen LogP contribution in [0.25, 0.3) is 10.9 Å². The van der Waals surface area contributed by atoms with Crippen LogP contribution in [0.1, 0.15) is 25.1 Å². The summed E-state index contributed by atoms with van der Waals surface area (Å²) >= 11 is 0. The summed E-state index contributed by atoms with van der Waals surface area (Å²) in [7, 11) is 0. The van der Waals surface area contributed by atoms with E-state index in [1.807, 2.05) is 6.07 Å². The molecule has 2 heterocycles. The highest BCUT2D eigenvalue weighted by atomic mass is 16.5. The second kappa shape index (κ2) is 5.08. The van der Waals surface area contributed by atoms with Crippen LogP contribution >= 0.6 is 0 Å². The lowest BCUT2D eigenvalue weighted by Crippen LogP contribution is -2.30. The van der Waals surface area contributed by atoms with Gasteiger partial charge in [0.15, 0.2) is 0 Å². The molecule has 1 unspecified atom stereocenters. The molecule has 4 nitrogen and oxygen atoms in total. The van der Waals surface area contributed by atoms with Crippen molar-refractivity contribution in [3.05, 3.63) is 30.0 Å². The molecule has 2 aromatic rings.